The molecular weight excluding hydrogens is 256 g/mol. The van der Waals surface area contributed by atoms with Gasteiger partial charge in [0, 0.05) is 36.2 Å². The van der Waals surface area contributed by atoms with Crippen molar-refractivity contribution >= 4 is 10.9 Å². The molecule has 112 valence electrons. The highest BCUT2D eigenvalue weighted by Crippen LogP contribution is 2.24. The summed E-state index contributed by atoms with van der Waals surface area (Å²) >= 11 is 0. The van der Waals surface area contributed by atoms with Gasteiger partial charge in [-0.25, -0.2) is 0 Å². The monoisotopic (exact) mass is 282 g/mol. The molecule has 1 aromatic heterocycles. The van der Waals surface area contributed by atoms with Crippen molar-refractivity contribution in [3.05, 3.63) is 48.7 Å². The molecule has 0 unspecified atom stereocenters. The second kappa shape index (κ2) is 6.95. The molecule has 0 radical (unpaired) electrons. The van der Waals surface area contributed by atoms with Crippen LogP contribution in [-0.2, 0) is 13.1 Å². The fourth-order valence-electron chi connectivity index (χ4n) is 2.94. The van der Waals surface area contributed by atoms with Crippen LogP contribution in [0.25, 0.3) is 10.9 Å². The van der Waals surface area contributed by atoms with Gasteiger partial charge in [0.1, 0.15) is 0 Å². The van der Waals surface area contributed by atoms with Crippen LogP contribution in [-0.4, -0.2) is 10.6 Å². The maximum atomic E-state index is 3.79. The molecule has 2 heteroatoms. The van der Waals surface area contributed by atoms with Gasteiger partial charge in [0.25, 0.3) is 0 Å². The van der Waals surface area contributed by atoms with E-state index in [0.717, 1.165) is 25.6 Å². The SMILES string of the molecule is C=CCCCCCn1cc(CNC2CC2)c2ccccc21. The van der Waals surface area contributed by atoms with E-state index < -0.39 is 0 Å². The fourth-order valence-corrected chi connectivity index (χ4v) is 2.94. The van der Waals surface area contributed by atoms with Crippen molar-refractivity contribution in [2.24, 2.45) is 0 Å². The van der Waals surface area contributed by atoms with Crippen LogP contribution >= 0.6 is 0 Å². The van der Waals surface area contributed by atoms with Gasteiger partial charge < -0.3 is 9.88 Å². The van der Waals surface area contributed by atoms with Crippen LogP contribution in [0.4, 0.5) is 0 Å². The van der Waals surface area contributed by atoms with Crippen LogP contribution in [0.15, 0.2) is 43.1 Å². The summed E-state index contributed by atoms with van der Waals surface area (Å²) in [7, 11) is 0. The molecule has 0 atom stereocenters. The van der Waals surface area contributed by atoms with E-state index in [-0.39, 0.29) is 0 Å². The molecule has 1 aromatic carbocycles. The maximum absolute atomic E-state index is 3.79. The summed E-state index contributed by atoms with van der Waals surface area (Å²) in [6.07, 6.45) is 12.0. The number of hydrogen-bond donors (Lipinski definition) is 1. The average Bonchev–Trinajstić information content (AvgIpc) is 3.28. The van der Waals surface area contributed by atoms with Crippen molar-refractivity contribution < 1.29 is 0 Å². The first-order valence-corrected chi connectivity index (χ1v) is 8.29. The molecule has 0 amide bonds. The van der Waals surface area contributed by atoms with Crippen LogP contribution < -0.4 is 5.32 Å². The minimum atomic E-state index is 0.769. The van der Waals surface area contributed by atoms with Gasteiger partial charge in [0.2, 0.25) is 0 Å². The number of unbranched alkanes of at least 4 members (excludes halogenated alkanes) is 3. The molecule has 1 heterocycles. The number of fused-ring (bicyclic) bond motifs is 1. The molecular formula is C19H26N2. The summed E-state index contributed by atoms with van der Waals surface area (Å²) < 4.78 is 2.44. The zero-order valence-electron chi connectivity index (χ0n) is 12.9. The number of para-hydroxylation sites is 1. The van der Waals surface area contributed by atoms with Gasteiger partial charge in [-0.3, -0.25) is 0 Å². The van der Waals surface area contributed by atoms with E-state index in [1.54, 1.807) is 0 Å². The molecule has 1 N–H and O–H groups in total. The molecule has 0 saturated heterocycles. The second-order valence-electron chi connectivity index (χ2n) is 6.16. The van der Waals surface area contributed by atoms with Gasteiger partial charge in [-0.1, -0.05) is 30.7 Å². The summed E-state index contributed by atoms with van der Waals surface area (Å²) in [5.41, 5.74) is 2.83. The zero-order chi connectivity index (χ0) is 14.5. The smallest absolute Gasteiger partial charge is 0.0483 e. The Morgan fingerprint density at radius 3 is 2.86 bits per heavy atom. The first-order valence-electron chi connectivity index (χ1n) is 8.29. The van der Waals surface area contributed by atoms with E-state index in [4.69, 9.17) is 0 Å². The predicted octanol–water partition coefficient (Wildman–Crippen LogP) is 4.64. The highest BCUT2D eigenvalue weighted by atomic mass is 15.0. The fraction of sp³-hybridized carbons (Fsp3) is 0.474. The van der Waals surface area contributed by atoms with E-state index in [1.807, 2.05) is 6.08 Å². The normalized spacial score (nSPS) is 14.7. The summed E-state index contributed by atoms with van der Waals surface area (Å²) in [5, 5.41) is 5.05. The Morgan fingerprint density at radius 1 is 1.19 bits per heavy atom. The van der Waals surface area contributed by atoms with Gasteiger partial charge in [0.15, 0.2) is 0 Å². The minimum Gasteiger partial charge on any atom is -0.347 e. The summed E-state index contributed by atoms with van der Waals surface area (Å²) in [4.78, 5) is 0. The number of aromatic nitrogens is 1. The number of rotatable bonds is 9. The van der Waals surface area contributed by atoms with Crippen molar-refractivity contribution in [3.63, 3.8) is 0 Å². The van der Waals surface area contributed by atoms with Crippen LogP contribution in [0, 0.1) is 0 Å². The number of aryl methyl sites for hydroxylation is 1. The largest absolute Gasteiger partial charge is 0.347 e. The van der Waals surface area contributed by atoms with E-state index in [2.05, 4.69) is 46.9 Å². The summed E-state index contributed by atoms with van der Waals surface area (Å²) in [5.74, 6) is 0. The Balaban J connectivity index is 1.66. The molecule has 0 aliphatic heterocycles. The third-order valence-electron chi connectivity index (χ3n) is 4.34. The molecule has 3 rings (SSSR count). The molecule has 0 bridgehead atoms. The Kier molecular flexibility index (Phi) is 4.76. The predicted molar refractivity (Wildman–Crippen MR) is 90.5 cm³/mol. The Hall–Kier alpha value is -1.54. The van der Waals surface area contributed by atoms with E-state index in [9.17, 15) is 0 Å². The van der Waals surface area contributed by atoms with Gasteiger partial charge in [-0.05, 0) is 43.7 Å². The van der Waals surface area contributed by atoms with Crippen LogP contribution in [0.5, 0.6) is 0 Å². The third-order valence-corrected chi connectivity index (χ3v) is 4.34. The van der Waals surface area contributed by atoms with Gasteiger partial charge >= 0.3 is 0 Å². The quantitative estimate of drug-likeness (QED) is 0.524. The maximum Gasteiger partial charge on any atom is 0.0483 e. The lowest BCUT2D eigenvalue weighted by Gasteiger charge is -2.04. The highest BCUT2D eigenvalue weighted by Gasteiger charge is 2.20. The number of benzene rings is 1. The Bertz CT molecular complexity index is 593. The Labute approximate surface area is 127 Å². The van der Waals surface area contributed by atoms with E-state index >= 15 is 0 Å². The highest BCUT2D eigenvalue weighted by molar-refractivity contribution is 5.83. The van der Waals surface area contributed by atoms with Crippen molar-refractivity contribution in [2.75, 3.05) is 0 Å². The lowest BCUT2D eigenvalue weighted by Crippen LogP contribution is -2.14. The van der Waals surface area contributed by atoms with Crippen LogP contribution in [0.1, 0.15) is 44.1 Å². The number of nitrogens with one attached hydrogen (secondary N) is 1. The van der Waals surface area contributed by atoms with Crippen molar-refractivity contribution in [1.82, 2.24) is 9.88 Å². The first-order chi connectivity index (χ1) is 10.4. The van der Waals surface area contributed by atoms with E-state index in [0.29, 0.717) is 0 Å². The molecule has 1 saturated carbocycles. The first kappa shape index (κ1) is 14.4. The summed E-state index contributed by atoms with van der Waals surface area (Å²) in [6.45, 7) is 5.92. The van der Waals surface area contributed by atoms with Gasteiger partial charge in [0.05, 0.1) is 0 Å². The molecule has 1 aliphatic carbocycles. The lowest BCUT2D eigenvalue weighted by atomic mass is 10.2. The number of hydrogen-bond acceptors (Lipinski definition) is 1. The van der Waals surface area contributed by atoms with Crippen LogP contribution in [0.3, 0.4) is 0 Å². The molecule has 1 aliphatic rings. The van der Waals surface area contributed by atoms with Crippen molar-refractivity contribution in [1.29, 1.82) is 0 Å². The van der Waals surface area contributed by atoms with Gasteiger partial charge in [-0.2, -0.15) is 0 Å². The summed E-state index contributed by atoms with van der Waals surface area (Å²) in [6, 6.07) is 9.57. The second-order valence-corrected chi connectivity index (χ2v) is 6.16. The zero-order valence-corrected chi connectivity index (χ0v) is 12.9. The van der Waals surface area contributed by atoms with E-state index in [1.165, 1.54) is 48.6 Å². The lowest BCUT2D eigenvalue weighted by molar-refractivity contribution is 0.600. The Morgan fingerprint density at radius 2 is 2.05 bits per heavy atom. The standard InChI is InChI=1S/C19H26N2/c1-2-3-4-5-8-13-21-15-16(14-20-17-11-12-17)18-9-6-7-10-19(18)21/h2,6-7,9-10,15,17,20H,1,3-5,8,11-14H2. The average molecular weight is 282 g/mol. The molecule has 2 aromatic rings. The van der Waals surface area contributed by atoms with Gasteiger partial charge in [-0.15, -0.1) is 6.58 Å². The van der Waals surface area contributed by atoms with Crippen molar-refractivity contribution in [3.8, 4) is 0 Å². The molecule has 21 heavy (non-hydrogen) atoms. The number of allylic oxidation sites excluding steroid dienone is 1. The molecule has 1 fully saturated rings. The van der Waals surface area contributed by atoms with Crippen molar-refractivity contribution in [2.45, 2.75) is 57.7 Å². The number of nitrogens with zero attached hydrogens (tertiary/aromatic N) is 1. The van der Waals surface area contributed by atoms with Crippen LogP contribution in [0.2, 0.25) is 0 Å². The topological polar surface area (TPSA) is 17.0 Å². The minimum absolute atomic E-state index is 0.769. The third kappa shape index (κ3) is 3.76. The molecule has 0 spiro atoms. The molecule has 2 nitrogen and oxygen atoms in total.